The number of amides is 1. The van der Waals surface area contributed by atoms with E-state index in [0.717, 1.165) is 25.7 Å². The third-order valence-corrected chi connectivity index (χ3v) is 16.3. The van der Waals surface area contributed by atoms with Gasteiger partial charge in [0.2, 0.25) is 5.91 Å². The molecular weight excluding hydrogens is 879 g/mol. The van der Waals surface area contributed by atoms with Crippen LogP contribution >= 0.6 is 0 Å². The molecule has 72 heavy (non-hydrogen) atoms. The topological polar surface area (TPSA) is 69.6 Å². The SMILES string of the molecule is CCCCCCCCCC/C=C\CCCCCCCCCCCCCCCCCC(=O)NC(CO)C(O)CCCCCCCCCCCCCCCCCCCCCCCCCCCCCCCCCCC. The minimum atomic E-state index is -0.658. The number of rotatable bonds is 64. The van der Waals surface area contributed by atoms with E-state index in [-0.39, 0.29) is 12.5 Å². The molecule has 4 heteroatoms. The van der Waals surface area contributed by atoms with E-state index in [9.17, 15) is 15.0 Å². The molecular formula is C68H135NO3. The van der Waals surface area contributed by atoms with Gasteiger partial charge < -0.3 is 15.5 Å². The first-order valence-corrected chi connectivity index (χ1v) is 33.9. The van der Waals surface area contributed by atoms with Crippen LogP contribution in [0.3, 0.4) is 0 Å². The molecule has 0 saturated heterocycles. The highest BCUT2D eigenvalue weighted by molar-refractivity contribution is 5.76. The third kappa shape index (κ3) is 60.0. The van der Waals surface area contributed by atoms with Gasteiger partial charge in [0.15, 0.2) is 0 Å². The van der Waals surface area contributed by atoms with E-state index in [1.807, 2.05) is 0 Å². The molecule has 4 nitrogen and oxygen atoms in total. The molecule has 3 N–H and O–H groups in total. The van der Waals surface area contributed by atoms with Crippen molar-refractivity contribution in [3.05, 3.63) is 12.2 Å². The van der Waals surface area contributed by atoms with Gasteiger partial charge in [-0.15, -0.1) is 0 Å². The molecule has 0 aromatic heterocycles. The van der Waals surface area contributed by atoms with Gasteiger partial charge in [-0.25, -0.2) is 0 Å². The highest BCUT2D eigenvalue weighted by Gasteiger charge is 2.20. The summed E-state index contributed by atoms with van der Waals surface area (Å²) < 4.78 is 0. The predicted octanol–water partition coefficient (Wildman–Crippen LogP) is 22.8. The molecule has 0 aliphatic rings. The predicted molar refractivity (Wildman–Crippen MR) is 323 cm³/mol. The van der Waals surface area contributed by atoms with Crippen LogP contribution in [-0.2, 0) is 4.79 Å². The lowest BCUT2D eigenvalue weighted by Gasteiger charge is -2.22. The normalized spacial score (nSPS) is 12.7. The second-order valence-electron chi connectivity index (χ2n) is 23.6. The largest absolute Gasteiger partial charge is 0.394 e. The maximum Gasteiger partial charge on any atom is 0.220 e. The maximum atomic E-state index is 12.5. The Morgan fingerprint density at radius 2 is 0.528 bits per heavy atom. The molecule has 0 spiro atoms. The molecule has 0 aromatic rings. The first-order chi connectivity index (χ1) is 35.7. The monoisotopic (exact) mass is 1010 g/mol. The summed E-state index contributed by atoms with van der Waals surface area (Å²) in [5.41, 5.74) is 0. The summed E-state index contributed by atoms with van der Waals surface area (Å²) in [5.74, 6) is -0.0222. The molecule has 0 aliphatic carbocycles. The van der Waals surface area contributed by atoms with Crippen molar-refractivity contribution < 1.29 is 15.0 Å². The molecule has 1 amide bonds. The van der Waals surface area contributed by atoms with Gasteiger partial charge in [-0.3, -0.25) is 4.79 Å². The van der Waals surface area contributed by atoms with Crippen molar-refractivity contribution in [3.63, 3.8) is 0 Å². The average Bonchev–Trinajstić information content (AvgIpc) is 3.39. The second kappa shape index (κ2) is 64.4. The minimum absolute atomic E-state index is 0.0222. The Labute approximate surface area is 454 Å². The van der Waals surface area contributed by atoms with Crippen molar-refractivity contribution in [1.29, 1.82) is 0 Å². The summed E-state index contributed by atoms with van der Waals surface area (Å²) in [6.45, 7) is 4.41. The standard InChI is InChI=1S/C68H135NO3/c1-3-5-7-9-11-13-15-17-19-21-23-25-27-29-31-32-33-34-35-36-38-39-41-43-45-47-49-51-53-55-57-59-61-63-67(71)66(65-70)69-68(72)64-62-60-58-56-54-52-50-48-46-44-42-40-37-30-28-26-24-22-20-18-16-14-12-10-8-6-4-2/h22,24,66-67,70-71H,3-21,23,25-65H2,1-2H3,(H,69,72)/b24-22-. The van der Waals surface area contributed by atoms with Crippen LogP contribution in [0.25, 0.3) is 0 Å². The molecule has 0 aliphatic heterocycles. The molecule has 0 saturated carbocycles. The number of unbranched alkanes of at least 4 members (excludes halogenated alkanes) is 55. The molecule has 430 valence electrons. The second-order valence-corrected chi connectivity index (χ2v) is 23.6. The quantitative estimate of drug-likeness (QED) is 0.0420. The maximum absolute atomic E-state index is 12.5. The fraction of sp³-hybridized carbons (Fsp3) is 0.956. The van der Waals surface area contributed by atoms with Crippen molar-refractivity contribution in [3.8, 4) is 0 Å². The summed E-state index contributed by atoms with van der Waals surface area (Å²) in [6, 6.07) is -0.535. The Bertz CT molecular complexity index is 1010. The molecule has 2 unspecified atom stereocenters. The molecule has 0 heterocycles. The van der Waals surface area contributed by atoms with Gasteiger partial charge in [0.1, 0.15) is 0 Å². The Hall–Kier alpha value is -0.870. The van der Waals surface area contributed by atoms with Crippen molar-refractivity contribution in [1.82, 2.24) is 5.32 Å². The molecule has 0 bridgehead atoms. The molecule has 0 aromatic carbocycles. The number of hydrogen-bond acceptors (Lipinski definition) is 3. The van der Waals surface area contributed by atoms with Crippen LogP contribution in [0, 0.1) is 0 Å². The van der Waals surface area contributed by atoms with Gasteiger partial charge >= 0.3 is 0 Å². The summed E-state index contributed by atoms with van der Waals surface area (Å²) in [7, 11) is 0. The molecule has 0 radical (unpaired) electrons. The lowest BCUT2D eigenvalue weighted by molar-refractivity contribution is -0.123. The van der Waals surface area contributed by atoms with E-state index >= 15 is 0 Å². The lowest BCUT2D eigenvalue weighted by Crippen LogP contribution is -2.45. The number of carbonyl (C=O) groups excluding carboxylic acids is 1. The van der Waals surface area contributed by atoms with E-state index in [4.69, 9.17) is 0 Å². The van der Waals surface area contributed by atoms with Crippen LogP contribution in [0.5, 0.6) is 0 Å². The molecule has 0 rings (SSSR count). The number of aliphatic hydroxyl groups excluding tert-OH is 2. The highest BCUT2D eigenvalue weighted by atomic mass is 16.3. The van der Waals surface area contributed by atoms with Crippen LogP contribution in [0.4, 0.5) is 0 Å². The van der Waals surface area contributed by atoms with E-state index in [1.54, 1.807) is 0 Å². The van der Waals surface area contributed by atoms with Crippen molar-refractivity contribution in [2.24, 2.45) is 0 Å². The van der Waals surface area contributed by atoms with Gasteiger partial charge in [-0.2, -0.15) is 0 Å². The van der Waals surface area contributed by atoms with E-state index < -0.39 is 12.1 Å². The van der Waals surface area contributed by atoms with Gasteiger partial charge in [-0.05, 0) is 38.5 Å². The zero-order valence-electron chi connectivity index (χ0n) is 49.7. The van der Waals surface area contributed by atoms with Crippen molar-refractivity contribution >= 4 is 5.91 Å². The van der Waals surface area contributed by atoms with Gasteiger partial charge in [-0.1, -0.05) is 366 Å². The van der Waals surface area contributed by atoms with Gasteiger partial charge in [0.05, 0.1) is 18.8 Å². The van der Waals surface area contributed by atoms with Crippen LogP contribution in [0.2, 0.25) is 0 Å². The third-order valence-electron chi connectivity index (χ3n) is 16.3. The van der Waals surface area contributed by atoms with Crippen LogP contribution in [0.15, 0.2) is 12.2 Å². The number of aliphatic hydroxyl groups is 2. The Balaban J connectivity index is 3.37. The smallest absolute Gasteiger partial charge is 0.220 e. The van der Waals surface area contributed by atoms with Crippen molar-refractivity contribution in [2.75, 3.05) is 6.61 Å². The highest BCUT2D eigenvalue weighted by Crippen LogP contribution is 2.19. The van der Waals surface area contributed by atoms with Crippen molar-refractivity contribution in [2.45, 2.75) is 411 Å². The Morgan fingerprint density at radius 1 is 0.319 bits per heavy atom. The fourth-order valence-corrected chi connectivity index (χ4v) is 11.1. The number of allylic oxidation sites excluding steroid dienone is 2. The zero-order chi connectivity index (χ0) is 52.0. The number of carbonyl (C=O) groups is 1. The van der Waals surface area contributed by atoms with Gasteiger partial charge in [0.25, 0.3) is 0 Å². The number of nitrogens with one attached hydrogen (secondary N) is 1. The van der Waals surface area contributed by atoms with E-state index in [1.165, 1.54) is 347 Å². The first kappa shape index (κ1) is 71.1. The Morgan fingerprint density at radius 3 is 0.764 bits per heavy atom. The lowest BCUT2D eigenvalue weighted by atomic mass is 10.0. The Kier molecular flexibility index (Phi) is 63.6. The summed E-state index contributed by atoms with van der Waals surface area (Å²) in [5, 5.41) is 23.5. The van der Waals surface area contributed by atoms with Crippen LogP contribution in [0.1, 0.15) is 399 Å². The minimum Gasteiger partial charge on any atom is -0.394 e. The van der Waals surface area contributed by atoms with E-state index in [0.29, 0.717) is 12.8 Å². The van der Waals surface area contributed by atoms with E-state index in [2.05, 4.69) is 31.3 Å². The fourth-order valence-electron chi connectivity index (χ4n) is 11.1. The molecule has 2 atom stereocenters. The summed E-state index contributed by atoms with van der Waals surface area (Å²) in [4.78, 5) is 12.5. The average molecular weight is 1010 g/mol. The summed E-state index contributed by atoms with van der Waals surface area (Å²) in [6.07, 6.45) is 85.5. The summed E-state index contributed by atoms with van der Waals surface area (Å²) >= 11 is 0. The van der Waals surface area contributed by atoms with Gasteiger partial charge in [0, 0.05) is 6.42 Å². The number of hydrogen-bond donors (Lipinski definition) is 3. The van der Waals surface area contributed by atoms with Crippen LogP contribution < -0.4 is 5.32 Å². The van der Waals surface area contributed by atoms with Crippen LogP contribution in [-0.4, -0.2) is 34.9 Å². The molecule has 0 fully saturated rings. The zero-order valence-corrected chi connectivity index (χ0v) is 49.7. The first-order valence-electron chi connectivity index (χ1n) is 33.9.